The lowest BCUT2D eigenvalue weighted by molar-refractivity contribution is -0.678. The maximum absolute atomic E-state index is 10.5. The molecule has 0 N–H and O–H groups in total. The van der Waals surface area contributed by atoms with Crippen LogP contribution in [0.4, 0.5) is 0 Å². The van der Waals surface area contributed by atoms with Crippen LogP contribution >= 0.6 is 0 Å². The Bertz CT molecular complexity index is 385. The molecule has 1 aromatic rings. The van der Waals surface area contributed by atoms with Crippen molar-refractivity contribution in [2.75, 3.05) is 0 Å². The number of carbonyl (C=O) groups excluding carboxylic acids is 1. The third kappa shape index (κ3) is 5.90. The minimum atomic E-state index is -0.984. The van der Waals surface area contributed by atoms with Gasteiger partial charge in [-0.3, -0.25) is 0 Å². The average molecular weight is 266 g/mol. The van der Waals surface area contributed by atoms with E-state index < -0.39 is 5.97 Å². The number of carboxylic acid groups (broad SMARTS) is 1. The number of rotatable bonds is 10. The van der Waals surface area contributed by atoms with E-state index in [0.717, 1.165) is 6.42 Å². The van der Waals surface area contributed by atoms with E-state index in [1.165, 1.54) is 44.3 Å². The van der Waals surface area contributed by atoms with E-state index in [1.807, 2.05) is 24.0 Å². The molecule has 0 unspecified atom stereocenters. The molecule has 0 aliphatic heterocycles. The van der Waals surface area contributed by atoms with Crippen molar-refractivity contribution in [2.45, 2.75) is 64.8 Å². The second-order valence-electron chi connectivity index (χ2n) is 5.16. The molecule has 4 nitrogen and oxygen atoms in total. The maximum atomic E-state index is 10.5. The molecular formula is C15H26N2O2. The fourth-order valence-corrected chi connectivity index (χ4v) is 2.35. The molecule has 108 valence electrons. The van der Waals surface area contributed by atoms with Crippen molar-refractivity contribution in [1.82, 2.24) is 4.57 Å². The molecule has 0 aromatic carbocycles. The van der Waals surface area contributed by atoms with E-state index in [1.54, 1.807) is 0 Å². The lowest BCUT2D eigenvalue weighted by atomic mass is 10.1. The van der Waals surface area contributed by atoms with Crippen LogP contribution < -0.4 is 9.67 Å². The summed E-state index contributed by atoms with van der Waals surface area (Å²) in [5, 5.41) is 10.5. The van der Waals surface area contributed by atoms with E-state index in [-0.39, 0.29) is 6.42 Å². The van der Waals surface area contributed by atoms with Crippen LogP contribution in [0.5, 0.6) is 0 Å². The molecule has 0 fully saturated rings. The molecule has 4 heteroatoms. The second-order valence-corrected chi connectivity index (χ2v) is 5.16. The molecule has 0 saturated carbocycles. The van der Waals surface area contributed by atoms with E-state index >= 15 is 0 Å². The van der Waals surface area contributed by atoms with Crippen LogP contribution in [0.25, 0.3) is 0 Å². The standard InChI is InChI=1S/C15H26N2O2/c1-3-4-5-6-7-8-9-14-16(2)12-13-17(14)11-10-15(18)19/h12-13H,3-11H2,1-2H3. The zero-order valence-corrected chi connectivity index (χ0v) is 12.2. The molecule has 0 amide bonds. The first-order valence-electron chi connectivity index (χ1n) is 7.38. The predicted octanol–water partition coefficient (Wildman–Crippen LogP) is 1.36. The number of hydrogen-bond acceptors (Lipinski definition) is 2. The normalized spacial score (nSPS) is 10.8. The number of imidazole rings is 1. The zero-order valence-electron chi connectivity index (χ0n) is 12.2. The number of unbranched alkanes of at least 4 members (excludes halogenated alkanes) is 5. The number of aromatic nitrogens is 2. The first kappa shape index (κ1) is 15.7. The molecule has 1 rings (SSSR count). The maximum Gasteiger partial charge on any atom is 0.256 e. The molecular weight excluding hydrogens is 240 g/mol. The van der Waals surface area contributed by atoms with Gasteiger partial charge >= 0.3 is 0 Å². The smallest absolute Gasteiger partial charge is 0.256 e. The number of carbonyl (C=O) groups is 1. The molecule has 0 saturated heterocycles. The summed E-state index contributed by atoms with van der Waals surface area (Å²) in [6, 6.07) is 0. The van der Waals surface area contributed by atoms with E-state index in [2.05, 4.69) is 11.5 Å². The molecule has 19 heavy (non-hydrogen) atoms. The highest BCUT2D eigenvalue weighted by molar-refractivity contribution is 5.64. The summed E-state index contributed by atoms with van der Waals surface area (Å²) < 4.78 is 4.11. The molecule has 0 spiro atoms. The Morgan fingerprint density at radius 1 is 1.26 bits per heavy atom. The Balaban J connectivity index is 2.35. The Hall–Kier alpha value is -1.32. The Morgan fingerprint density at radius 3 is 2.63 bits per heavy atom. The summed E-state index contributed by atoms with van der Waals surface area (Å²) in [6.45, 7) is 2.73. The van der Waals surface area contributed by atoms with Crippen molar-refractivity contribution < 1.29 is 14.5 Å². The van der Waals surface area contributed by atoms with Crippen LogP contribution in [0.3, 0.4) is 0 Å². The molecule has 0 aliphatic rings. The van der Waals surface area contributed by atoms with Crippen LogP contribution in [-0.4, -0.2) is 10.5 Å². The minimum Gasteiger partial charge on any atom is -0.550 e. The molecule has 0 bridgehead atoms. The van der Waals surface area contributed by atoms with Crippen LogP contribution in [0.15, 0.2) is 12.4 Å². The fourth-order valence-electron chi connectivity index (χ4n) is 2.35. The van der Waals surface area contributed by atoms with Crippen LogP contribution in [0.2, 0.25) is 0 Å². The summed E-state index contributed by atoms with van der Waals surface area (Å²) in [5.41, 5.74) is 0. The monoisotopic (exact) mass is 266 g/mol. The van der Waals surface area contributed by atoms with E-state index in [4.69, 9.17) is 0 Å². The van der Waals surface area contributed by atoms with Crippen molar-refractivity contribution in [1.29, 1.82) is 0 Å². The summed E-state index contributed by atoms with van der Waals surface area (Å²) in [4.78, 5) is 10.5. The van der Waals surface area contributed by atoms with Crippen LogP contribution in [0, 0.1) is 0 Å². The SMILES string of the molecule is CCCCCCCCc1n(CCC(=O)[O-])cc[n+]1C. The van der Waals surface area contributed by atoms with Gasteiger partial charge in [-0.2, -0.15) is 0 Å². The predicted molar refractivity (Wildman–Crippen MR) is 72.3 cm³/mol. The largest absolute Gasteiger partial charge is 0.550 e. The van der Waals surface area contributed by atoms with Crippen molar-refractivity contribution in [2.24, 2.45) is 7.05 Å². The van der Waals surface area contributed by atoms with Gasteiger partial charge in [-0.25, -0.2) is 9.13 Å². The molecule has 0 radical (unpaired) electrons. The highest BCUT2D eigenvalue weighted by Crippen LogP contribution is 2.08. The third-order valence-corrected chi connectivity index (χ3v) is 3.52. The Labute approximate surface area is 116 Å². The summed E-state index contributed by atoms with van der Waals surface area (Å²) in [6.07, 6.45) is 12.7. The lowest BCUT2D eigenvalue weighted by Gasteiger charge is -2.04. The average Bonchev–Trinajstić information content (AvgIpc) is 2.72. The molecule has 1 heterocycles. The lowest BCUT2D eigenvalue weighted by Crippen LogP contribution is -2.32. The number of nitrogens with zero attached hydrogens (tertiary/aromatic N) is 2. The first-order chi connectivity index (χ1) is 9.15. The number of aliphatic carboxylic acids is 1. The Morgan fingerprint density at radius 2 is 1.95 bits per heavy atom. The summed E-state index contributed by atoms with van der Waals surface area (Å²) >= 11 is 0. The second kappa shape index (κ2) is 8.73. The van der Waals surface area contributed by atoms with Gasteiger partial charge in [-0.15, -0.1) is 0 Å². The van der Waals surface area contributed by atoms with Gasteiger partial charge in [0.2, 0.25) is 0 Å². The fraction of sp³-hybridized carbons (Fsp3) is 0.733. The first-order valence-corrected chi connectivity index (χ1v) is 7.38. The quantitative estimate of drug-likeness (QED) is 0.474. The van der Waals surface area contributed by atoms with Gasteiger partial charge in [0, 0.05) is 18.8 Å². The van der Waals surface area contributed by atoms with E-state index in [0.29, 0.717) is 6.54 Å². The van der Waals surface area contributed by atoms with Crippen molar-refractivity contribution in [3.8, 4) is 0 Å². The Kier molecular flexibility index (Phi) is 7.23. The molecule has 0 aliphatic carbocycles. The van der Waals surface area contributed by atoms with Crippen molar-refractivity contribution in [3.05, 3.63) is 18.2 Å². The van der Waals surface area contributed by atoms with E-state index in [9.17, 15) is 9.90 Å². The summed E-state index contributed by atoms with van der Waals surface area (Å²) in [7, 11) is 2.02. The van der Waals surface area contributed by atoms with Gasteiger partial charge in [0.15, 0.2) is 0 Å². The topological polar surface area (TPSA) is 48.9 Å². The highest BCUT2D eigenvalue weighted by atomic mass is 16.4. The molecule has 0 atom stereocenters. The molecule has 1 aromatic heterocycles. The van der Waals surface area contributed by atoms with Gasteiger partial charge < -0.3 is 9.90 Å². The van der Waals surface area contributed by atoms with Gasteiger partial charge in [-0.1, -0.05) is 39.0 Å². The van der Waals surface area contributed by atoms with Crippen LogP contribution in [0.1, 0.15) is 57.7 Å². The number of carboxylic acids is 1. The highest BCUT2D eigenvalue weighted by Gasteiger charge is 2.13. The van der Waals surface area contributed by atoms with Gasteiger partial charge in [0.25, 0.3) is 5.82 Å². The van der Waals surface area contributed by atoms with Gasteiger partial charge in [0.1, 0.15) is 12.4 Å². The number of aryl methyl sites for hydroxylation is 2. The number of hydrogen-bond donors (Lipinski definition) is 0. The zero-order chi connectivity index (χ0) is 14.1. The van der Waals surface area contributed by atoms with Crippen molar-refractivity contribution >= 4 is 5.97 Å². The van der Waals surface area contributed by atoms with Crippen molar-refractivity contribution in [3.63, 3.8) is 0 Å². The summed E-state index contributed by atoms with van der Waals surface area (Å²) in [5.74, 6) is 0.221. The van der Waals surface area contributed by atoms with Crippen LogP contribution in [-0.2, 0) is 24.8 Å². The minimum absolute atomic E-state index is 0.0815. The third-order valence-electron chi connectivity index (χ3n) is 3.52. The van der Waals surface area contributed by atoms with Gasteiger partial charge in [-0.05, 0) is 6.42 Å². The van der Waals surface area contributed by atoms with Gasteiger partial charge in [0.05, 0.1) is 13.6 Å².